The zero-order chi connectivity index (χ0) is 43.1. The number of nitrogens with one attached hydrogen (secondary N) is 4. The summed E-state index contributed by atoms with van der Waals surface area (Å²) in [4.78, 5) is 9.73. The number of hydrogen-bond acceptors (Lipinski definition) is 0. The fourth-order valence-corrected chi connectivity index (χ4v) is 3.91. The predicted molar refractivity (Wildman–Crippen MR) is 132 cm³/mol. The summed E-state index contributed by atoms with van der Waals surface area (Å²) < 4.78 is 207. The van der Waals surface area contributed by atoms with Crippen LogP contribution < -0.4 is 0 Å². The first-order chi connectivity index (χ1) is 24.8. The number of fused-ring (bicyclic) bond motifs is 8. The van der Waals surface area contributed by atoms with E-state index in [0.29, 0.717) is 0 Å². The highest BCUT2D eigenvalue weighted by Crippen LogP contribution is 2.40. The molecule has 0 fully saturated rings. The summed E-state index contributed by atoms with van der Waals surface area (Å²) in [5.41, 5.74) is -19.8. The van der Waals surface area contributed by atoms with Gasteiger partial charge in [-0.2, -0.15) is 0 Å². The third-order valence-corrected chi connectivity index (χ3v) is 5.98. The Hall–Kier alpha value is -2.88. The number of aromatic nitrogens is 4. The zero-order valence-corrected chi connectivity index (χ0v) is 16.6. The Kier molecular flexibility index (Phi) is 1.40. The second-order valence-electron chi connectivity index (χ2n) is 8.14. The van der Waals surface area contributed by atoms with Gasteiger partial charge in [-0.3, -0.25) is 0 Å². The molecule has 0 radical (unpaired) electrons. The molecule has 0 aliphatic carbocycles. The van der Waals surface area contributed by atoms with Crippen LogP contribution in [0, 0.1) is 0 Å². The van der Waals surface area contributed by atoms with Crippen molar-refractivity contribution < 1.29 is 32.9 Å². The fraction of sp³-hybridized carbons (Fsp3) is 0.429. The van der Waals surface area contributed by atoms with Crippen LogP contribution in [0.4, 0.5) is 0 Å². The van der Waals surface area contributed by atoms with Crippen LogP contribution in [0.3, 0.4) is 0 Å². The lowest BCUT2D eigenvalue weighted by atomic mass is 9.85. The van der Waals surface area contributed by atoms with Crippen molar-refractivity contribution in [1.82, 2.24) is 19.9 Å². The van der Waals surface area contributed by atoms with Crippen LogP contribution in [-0.4, -0.2) is 19.9 Å². The van der Waals surface area contributed by atoms with Crippen LogP contribution in [0.5, 0.6) is 0 Å². The van der Waals surface area contributed by atoms with Gasteiger partial charge < -0.3 is 19.9 Å². The van der Waals surface area contributed by atoms with Gasteiger partial charge in [-0.05, 0) is 103 Å². The summed E-state index contributed by atoms with van der Waals surface area (Å²) in [7, 11) is 0. The minimum atomic E-state index is -3.67. The van der Waals surface area contributed by atoms with E-state index in [1.807, 2.05) is 0 Å². The molecule has 0 aromatic carbocycles. The normalized spacial score (nSPS) is 34.5. The Labute approximate surface area is 225 Å². The molecule has 4 N–H and O–H groups in total. The maximum absolute atomic E-state index is 8.63. The largest absolute Gasteiger partial charge is 0.361 e. The van der Waals surface area contributed by atoms with Crippen LogP contribution in [0.2, 0.25) is 0 Å². The van der Waals surface area contributed by atoms with Gasteiger partial charge in [0.1, 0.15) is 0 Å². The molecule has 4 heteroatoms. The second-order valence-corrected chi connectivity index (χ2v) is 8.14. The third kappa shape index (κ3) is 2.81. The summed E-state index contributed by atoms with van der Waals surface area (Å²) in [6.07, 6.45) is 0. The van der Waals surface area contributed by atoms with Crippen molar-refractivity contribution in [3.63, 3.8) is 0 Å². The molecule has 5 heterocycles. The van der Waals surface area contributed by atoms with Gasteiger partial charge in [-0.1, -0.05) is 0 Å². The van der Waals surface area contributed by atoms with Crippen LogP contribution in [0.25, 0.3) is 0 Å². The van der Waals surface area contributed by atoms with E-state index >= 15 is 0 Å². The van der Waals surface area contributed by atoms with E-state index in [4.69, 9.17) is 32.9 Å². The minimum Gasteiger partial charge on any atom is -0.361 e. The molecule has 168 valence electrons. The van der Waals surface area contributed by atoms with E-state index in [9.17, 15) is 0 Å². The van der Waals surface area contributed by atoms with Crippen molar-refractivity contribution in [3.05, 3.63) is 94.1 Å². The Morgan fingerprint density at radius 1 is 0.375 bits per heavy atom. The highest BCUT2D eigenvalue weighted by Gasteiger charge is 2.36. The maximum atomic E-state index is 8.63. The summed E-state index contributed by atoms with van der Waals surface area (Å²) in [5.74, 6) is 0. The van der Waals surface area contributed by atoms with E-state index in [1.165, 1.54) is 0 Å². The van der Waals surface area contributed by atoms with E-state index in [0.717, 1.165) is 48.5 Å². The first-order valence-corrected chi connectivity index (χ1v) is 9.64. The second kappa shape index (κ2) is 6.34. The lowest BCUT2D eigenvalue weighted by molar-refractivity contribution is 0.545. The number of hydrogen-bond donors (Lipinski definition) is 4. The van der Waals surface area contributed by atoms with Crippen LogP contribution in [0.15, 0.2) is 48.5 Å². The number of rotatable bonds is 0. The average Bonchev–Trinajstić information content (AvgIpc) is 3.73. The van der Waals surface area contributed by atoms with Crippen molar-refractivity contribution in [1.29, 1.82) is 0 Å². The summed E-state index contributed by atoms with van der Waals surface area (Å²) in [6, 6.07) is 6.52. The van der Waals surface area contributed by atoms with Gasteiger partial charge in [0.2, 0.25) is 0 Å². The molecule has 0 saturated carbocycles. The Morgan fingerprint density at radius 3 is 0.656 bits per heavy atom. The minimum absolute atomic E-state index is 0.815. The Bertz CT molecular complexity index is 1640. The Balaban J connectivity index is 2.17. The molecule has 0 unspecified atom stereocenters. The SMILES string of the molecule is [2H]C([2H])([2H])C1(C([2H])([2H])[2H])c2ccc([nH]2)C(C([2H])([2H])[2H])(C([2H])([2H])[2H])c2ccc([nH]2)C(C([2H])([2H])[2H])(C([2H])([2H])[2H])c2ccc([nH]2)C(C([2H])([2H])[2H])(C([2H])([2H])[2H])c2ccc1[nH]2. The lowest BCUT2D eigenvalue weighted by Crippen LogP contribution is -2.26. The van der Waals surface area contributed by atoms with Crippen LogP contribution in [-0.2, 0) is 21.7 Å². The van der Waals surface area contributed by atoms with E-state index in [1.54, 1.807) is 0 Å². The van der Waals surface area contributed by atoms with E-state index < -0.39 is 122 Å². The molecule has 4 aromatic rings. The van der Waals surface area contributed by atoms with Gasteiger partial charge >= 0.3 is 0 Å². The third-order valence-electron chi connectivity index (χ3n) is 5.98. The summed E-state index contributed by atoms with van der Waals surface area (Å²) in [5, 5.41) is 0. The van der Waals surface area contributed by atoms with Gasteiger partial charge in [0, 0.05) is 100 Å². The first-order valence-electron chi connectivity index (χ1n) is 21.6. The molecule has 8 bridgehead atoms. The van der Waals surface area contributed by atoms with Crippen molar-refractivity contribution in [2.45, 2.75) is 76.5 Å². The van der Waals surface area contributed by atoms with Gasteiger partial charge in [0.15, 0.2) is 0 Å². The molecule has 4 aromatic heterocycles. The van der Waals surface area contributed by atoms with E-state index in [-0.39, 0.29) is 0 Å². The van der Waals surface area contributed by atoms with Crippen molar-refractivity contribution >= 4 is 0 Å². The predicted octanol–water partition coefficient (Wildman–Crippen LogP) is 6.62. The summed E-state index contributed by atoms with van der Waals surface area (Å²) in [6.45, 7) is -29.4. The number of aromatic amines is 4. The molecule has 32 heavy (non-hydrogen) atoms. The van der Waals surface area contributed by atoms with Gasteiger partial charge in [0.05, 0.1) is 0 Å². The highest BCUT2D eigenvalue weighted by atomic mass is 14.9. The van der Waals surface area contributed by atoms with Crippen molar-refractivity contribution in [3.8, 4) is 0 Å². The van der Waals surface area contributed by atoms with Crippen molar-refractivity contribution in [2.24, 2.45) is 0 Å². The quantitative estimate of drug-likeness (QED) is 0.232. The number of H-pyrrole nitrogens is 4. The topological polar surface area (TPSA) is 63.2 Å². The molecule has 0 spiro atoms. The first kappa shape index (κ1) is 7.06. The molecule has 1 aliphatic heterocycles. The van der Waals surface area contributed by atoms with Crippen LogP contribution in [0.1, 0.15) is 133 Å². The molecule has 5 rings (SSSR count). The highest BCUT2D eigenvalue weighted by molar-refractivity contribution is 5.43. The molecule has 0 amide bonds. The molecular weight excluding hydrogens is 392 g/mol. The fourth-order valence-electron chi connectivity index (χ4n) is 3.91. The van der Waals surface area contributed by atoms with Gasteiger partial charge in [-0.25, -0.2) is 0 Å². The smallest absolute Gasteiger partial charge is 0.0447 e. The molecule has 1 aliphatic rings. The zero-order valence-electron chi connectivity index (χ0n) is 40.6. The molecule has 0 atom stereocenters. The van der Waals surface area contributed by atoms with Gasteiger partial charge in [0.25, 0.3) is 0 Å². The average molecular weight is 453 g/mol. The maximum Gasteiger partial charge on any atom is 0.0447 e. The monoisotopic (exact) mass is 452 g/mol. The van der Waals surface area contributed by atoms with E-state index in [2.05, 4.69) is 19.9 Å². The summed E-state index contributed by atoms with van der Waals surface area (Å²) >= 11 is 0. The molecule has 4 nitrogen and oxygen atoms in total. The van der Waals surface area contributed by atoms with Gasteiger partial charge in [-0.15, -0.1) is 0 Å². The van der Waals surface area contributed by atoms with Crippen molar-refractivity contribution in [2.75, 3.05) is 0 Å². The van der Waals surface area contributed by atoms with Crippen LogP contribution >= 0.6 is 0 Å². The molecule has 0 saturated heterocycles. The standard InChI is InChI=1S/C28H36N4/c1-25(2)17-9-11-19(29-17)26(3,4)21-13-15-23(31-21)28(7,8)24-16-14-22(32-24)27(5,6)20-12-10-18(25)30-20/h9-16,29-32H,1-8H3/i1D3,2D3,3D3,4D3,5D3,6D3,7D3,8D3. The Morgan fingerprint density at radius 2 is 0.531 bits per heavy atom. The lowest BCUT2D eigenvalue weighted by Gasteiger charge is -2.28. The molecular formula is C28H36N4.